The highest BCUT2D eigenvalue weighted by molar-refractivity contribution is 14.1. The van der Waals surface area contributed by atoms with Crippen molar-refractivity contribution in [1.82, 2.24) is 0 Å². The van der Waals surface area contributed by atoms with Crippen molar-refractivity contribution in [3.8, 4) is 17.2 Å². The minimum absolute atomic E-state index is 0.118. The molecule has 0 bridgehead atoms. The van der Waals surface area contributed by atoms with Crippen LogP contribution in [0.25, 0.3) is 0 Å². The number of carbonyl (C=O) groups excluding carboxylic acids is 1. The first-order valence-electron chi connectivity index (χ1n) is 6.21. The molecule has 0 aromatic heterocycles. The van der Waals surface area contributed by atoms with Crippen LogP contribution in [0.5, 0.6) is 17.2 Å². The molecule has 0 atom stereocenters. The largest absolute Gasteiger partial charge is 0.506 e. The number of ether oxygens (including phenoxy) is 2. The number of hydrogen-bond donors (Lipinski definition) is 2. The molecule has 0 heterocycles. The molecule has 2 N–H and O–H groups in total. The Labute approximate surface area is 156 Å². The zero-order valence-corrected chi connectivity index (χ0v) is 15.7. The van der Waals surface area contributed by atoms with Gasteiger partial charge in [0.05, 0.1) is 15.7 Å². The maximum Gasteiger partial charge on any atom is 0.348 e. The molecular weight excluding hydrogens is 475 g/mol. The molecule has 7 nitrogen and oxygen atoms in total. The Balaban J connectivity index is 2.67. The summed E-state index contributed by atoms with van der Waals surface area (Å²) in [6, 6.07) is 7.91. The number of hydrogen-bond acceptors (Lipinski definition) is 6. The molecule has 0 saturated carbocycles. The second-order valence-electron chi connectivity index (χ2n) is 4.39. The standard InChI is InChI=1S/C14H10ClIO7S/c1-22-12-10(16)11(17)8(9(15)13(12)24(19,20)21)14(18)23-7-5-3-2-4-6-7/h2-6,17H,1H3,(H,19,20,21). The van der Waals surface area contributed by atoms with Gasteiger partial charge in [-0.05, 0) is 34.7 Å². The van der Waals surface area contributed by atoms with Gasteiger partial charge in [-0.2, -0.15) is 8.42 Å². The van der Waals surface area contributed by atoms with Crippen LogP contribution >= 0.6 is 34.2 Å². The average Bonchev–Trinajstić information content (AvgIpc) is 2.50. The van der Waals surface area contributed by atoms with E-state index in [1.807, 2.05) is 0 Å². The van der Waals surface area contributed by atoms with Gasteiger partial charge in [-0.15, -0.1) is 0 Å². The lowest BCUT2D eigenvalue weighted by Crippen LogP contribution is -2.14. The van der Waals surface area contributed by atoms with Gasteiger partial charge in [-0.25, -0.2) is 4.79 Å². The molecule has 24 heavy (non-hydrogen) atoms. The van der Waals surface area contributed by atoms with Gasteiger partial charge in [-0.3, -0.25) is 4.55 Å². The Morgan fingerprint density at radius 3 is 2.33 bits per heavy atom. The number of halogens is 2. The monoisotopic (exact) mass is 484 g/mol. The highest BCUT2D eigenvalue weighted by Gasteiger charge is 2.33. The third kappa shape index (κ3) is 3.58. The number of carbonyl (C=O) groups is 1. The Morgan fingerprint density at radius 2 is 1.83 bits per heavy atom. The van der Waals surface area contributed by atoms with Gasteiger partial charge >= 0.3 is 5.97 Å². The summed E-state index contributed by atoms with van der Waals surface area (Å²) in [6.45, 7) is 0. The van der Waals surface area contributed by atoms with E-state index in [-0.39, 0.29) is 15.1 Å². The van der Waals surface area contributed by atoms with Crippen LogP contribution in [0, 0.1) is 3.57 Å². The third-order valence-corrected chi connectivity index (χ3v) is 5.29. The Kier molecular flexibility index (Phi) is 5.58. The summed E-state index contributed by atoms with van der Waals surface area (Å²) in [7, 11) is -3.70. The molecule has 2 rings (SSSR count). The summed E-state index contributed by atoms with van der Waals surface area (Å²) in [5.41, 5.74) is -0.599. The van der Waals surface area contributed by atoms with Crippen LogP contribution in [0.15, 0.2) is 35.2 Å². The van der Waals surface area contributed by atoms with Gasteiger partial charge in [0.2, 0.25) is 0 Å². The fourth-order valence-electron chi connectivity index (χ4n) is 1.88. The van der Waals surface area contributed by atoms with E-state index in [1.54, 1.807) is 40.8 Å². The molecule has 10 heteroatoms. The quantitative estimate of drug-likeness (QED) is 0.297. The fraction of sp³-hybridized carbons (Fsp3) is 0.0714. The smallest absolute Gasteiger partial charge is 0.348 e. The van der Waals surface area contributed by atoms with E-state index in [1.165, 1.54) is 12.1 Å². The van der Waals surface area contributed by atoms with Crippen molar-refractivity contribution in [1.29, 1.82) is 0 Å². The second-order valence-corrected chi connectivity index (χ2v) is 7.21. The summed E-state index contributed by atoms with van der Waals surface area (Å²) in [5, 5.41) is 9.48. The van der Waals surface area contributed by atoms with E-state index < -0.39 is 37.3 Å². The van der Waals surface area contributed by atoms with Crippen molar-refractivity contribution in [2.45, 2.75) is 4.90 Å². The third-order valence-electron chi connectivity index (χ3n) is 2.89. The van der Waals surface area contributed by atoms with Gasteiger partial charge in [-0.1, -0.05) is 29.8 Å². The molecule has 2 aromatic carbocycles. The maximum atomic E-state index is 12.3. The van der Waals surface area contributed by atoms with Crippen LogP contribution in [0.3, 0.4) is 0 Å². The van der Waals surface area contributed by atoms with Crippen molar-refractivity contribution in [3.63, 3.8) is 0 Å². The van der Waals surface area contributed by atoms with Gasteiger partial charge in [0, 0.05) is 0 Å². The molecule has 0 spiro atoms. The molecular formula is C14H10ClIO7S. The van der Waals surface area contributed by atoms with E-state index in [0.29, 0.717) is 0 Å². The number of para-hydroxylation sites is 1. The first kappa shape index (κ1) is 18.8. The first-order chi connectivity index (χ1) is 11.2. The summed E-state index contributed by atoms with van der Waals surface area (Å²) < 4.78 is 42.3. The number of esters is 1. The van der Waals surface area contributed by atoms with Crippen molar-refractivity contribution in [2.24, 2.45) is 0 Å². The van der Waals surface area contributed by atoms with E-state index in [9.17, 15) is 22.9 Å². The number of rotatable bonds is 4. The molecule has 0 aliphatic heterocycles. The molecule has 0 aliphatic rings. The van der Waals surface area contributed by atoms with Crippen LogP contribution in [-0.4, -0.2) is 31.2 Å². The Morgan fingerprint density at radius 1 is 1.25 bits per heavy atom. The van der Waals surface area contributed by atoms with E-state index in [0.717, 1.165) is 7.11 Å². The van der Waals surface area contributed by atoms with Crippen LogP contribution in [0.2, 0.25) is 5.02 Å². The highest BCUT2D eigenvalue weighted by atomic mass is 127. The Bertz CT molecular complexity index is 897. The van der Waals surface area contributed by atoms with Crippen molar-refractivity contribution < 1.29 is 32.3 Å². The van der Waals surface area contributed by atoms with E-state index >= 15 is 0 Å². The van der Waals surface area contributed by atoms with Crippen LogP contribution < -0.4 is 9.47 Å². The lowest BCUT2D eigenvalue weighted by Gasteiger charge is -2.15. The molecule has 2 aromatic rings. The van der Waals surface area contributed by atoms with Crippen LogP contribution in [0.1, 0.15) is 10.4 Å². The maximum absolute atomic E-state index is 12.3. The molecule has 0 saturated heterocycles. The molecule has 0 fully saturated rings. The average molecular weight is 485 g/mol. The van der Waals surface area contributed by atoms with E-state index in [2.05, 4.69) is 0 Å². The molecule has 128 valence electrons. The minimum Gasteiger partial charge on any atom is -0.506 e. The number of benzene rings is 2. The van der Waals surface area contributed by atoms with Crippen molar-refractivity contribution >= 4 is 50.3 Å². The summed E-state index contributed by atoms with van der Waals surface area (Å²) in [4.78, 5) is 11.5. The van der Waals surface area contributed by atoms with E-state index in [4.69, 9.17) is 21.1 Å². The molecule has 0 unspecified atom stereocenters. The number of aromatic hydroxyl groups is 1. The normalized spacial score (nSPS) is 11.2. The van der Waals surface area contributed by atoms with Gasteiger partial charge in [0.15, 0.2) is 10.6 Å². The minimum atomic E-state index is -4.83. The van der Waals surface area contributed by atoms with Crippen LogP contribution in [-0.2, 0) is 10.1 Å². The summed E-state index contributed by atoms with van der Waals surface area (Å²) >= 11 is 7.49. The highest BCUT2D eigenvalue weighted by Crippen LogP contribution is 2.44. The zero-order chi connectivity index (χ0) is 18.1. The predicted molar refractivity (Wildman–Crippen MR) is 93.6 cm³/mol. The lowest BCUT2D eigenvalue weighted by molar-refractivity contribution is 0.0731. The molecule has 0 radical (unpaired) electrons. The molecule has 0 aliphatic carbocycles. The van der Waals surface area contributed by atoms with Crippen molar-refractivity contribution in [2.75, 3.05) is 7.11 Å². The van der Waals surface area contributed by atoms with Gasteiger partial charge < -0.3 is 14.6 Å². The number of phenolic OH excluding ortho intramolecular Hbond substituents is 1. The topological polar surface area (TPSA) is 110 Å². The lowest BCUT2D eigenvalue weighted by atomic mass is 10.2. The van der Waals surface area contributed by atoms with Crippen LogP contribution in [0.4, 0.5) is 0 Å². The first-order valence-corrected chi connectivity index (χ1v) is 9.10. The molecule has 0 amide bonds. The second kappa shape index (κ2) is 7.13. The van der Waals surface area contributed by atoms with Crippen molar-refractivity contribution in [3.05, 3.63) is 44.5 Å². The summed E-state index contributed by atoms with van der Waals surface area (Å²) in [6.07, 6.45) is 0. The van der Waals surface area contributed by atoms with Gasteiger partial charge in [0.1, 0.15) is 17.1 Å². The SMILES string of the molecule is COc1c(I)c(O)c(C(=O)Oc2ccccc2)c(Cl)c1S(=O)(=O)O. The number of phenols is 1. The number of methoxy groups -OCH3 is 1. The van der Waals surface area contributed by atoms with Gasteiger partial charge in [0.25, 0.3) is 10.1 Å². The predicted octanol–water partition coefficient (Wildman–Crippen LogP) is 3.12. The summed E-state index contributed by atoms with van der Waals surface area (Å²) in [5.74, 6) is -1.92. The zero-order valence-electron chi connectivity index (χ0n) is 12.0. The fourth-order valence-corrected chi connectivity index (χ4v) is 4.12. The Hall–Kier alpha value is -1.56.